The van der Waals surface area contributed by atoms with Crippen LogP contribution in [0.3, 0.4) is 0 Å². The van der Waals surface area contributed by atoms with Gasteiger partial charge in [0.1, 0.15) is 0 Å². The molecule has 0 saturated heterocycles. The Labute approximate surface area is 349 Å². The number of pyridine rings is 1. The van der Waals surface area contributed by atoms with Crippen molar-refractivity contribution in [3.05, 3.63) is 224 Å². The Balaban J connectivity index is 1.04. The number of benzene rings is 9. The highest BCUT2D eigenvalue weighted by Gasteiger charge is 2.16. The van der Waals surface area contributed by atoms with E-state index in [0.717, 1.165) is 77.9 Å². The summed E-state index contributed by atoms with van der Waals surface area (Å²) in [4.78, 5) is 15.9. The molecule has 0 aliphatic carbocycles. The Kier molecular flexibility index (Phi) is 8.83. The van der Waals surface area contributed by atoms with Crippen LogP contribution in [0.5, 0.6) is 0 Å². The average Bonchev–Trinajstić information content (AvgIpc) is 3.34. The molecule has 0 saturated carbocycles. The fourth-order valence-corrected chi connectivity index (χ4v) is 8.48. The van der Waals surface area contributed by atoms with Gasteiger partial charge in [0.15, 0.2) is 5.82 Å². The SMILES string of the molecule is c1ccc(-c2cccc(-c3cc(-c4cccc(-c5ccccc5)c4)nc(-c4cccc(-c5cccc(-c6nc7ccccc7c7c6ccc6ccccc67)c5)c4)n3)c2)cc1. The molecule has 0 bridgehead atoms. The van der Waals surface area contributed by atoms with Gasteiger partial charge in [0.05, 0.1) is 22.6 Å². The fraction of sp³-hybridized carbons (Fsp3) is 0. The van der Waals surface area contributed by atoms with Gasteiger partial charge >= 0.3 is 0 Å². The molecule has 9 aromatic carbocycles. The Hall–Kier alpha value is -8.01. The zero-order valence-corrected chi connectivity index (χ0v) is 32.7. The van der Waals surface area contributed by atoms with Crippen molar-refractivity contribution < 1.29 is 0 Å². The van der Waals surface area contributed by atoms with E-state index >= 15 is 0 Å². The van der Waals surface area contributed by atoms with E-state index in [0.29, 0.717) is 5.82 Å². The van der Waals surface area contributed by atoms with Crippen LogP contribution in [-0.2, 0) is 0 Å². The number of hydrogen-bond acceptors (Lipinski definition) is 3. The molecular formula is C57H37N3. The van der Waals surface area contributed by atoms with E-state index in [1.54, 1.807) is 0 Å². The highest BCUT2D eigenvalue weighted by Crippen LogP contribution is 2.39. The standard InChI is InChI=1S/C57H37N3/c1-3-15-38(16-4-1)41-20-11-24-45(33-41)53-37-54(46-25-12-21-42(34-46)39-17-5-2-6-18-39)60-57(59-53)48-27-14-23-44(36-48)43-22-13-26-47(35-43)56-51-32-31-40-19-7-8-28-49(40)55(51)50-29-9-10-30-52(50)58-56/h1-37H. The summed E-state index contributed by atoms with van der Waals surface area (Å²) in [6.45, 7) is 0. The lowest BCUT2D eigenvalue weighted by Gasteiger charge is -2.14. The lowest BCUT2D eigenvalue weighted by molar-refractivity contribution is 1.18. The van der Waals surface area contributed by atoms with Gasteiger partial charge in [-0.1, -0.05) is 188 Å². The minimum Gasteiger partial charge on any atom is -0.247 e. The van der Waals surface area contributed by atoms with E-state index < -0.39 is 0 Å². The van der Waals surface area contributed by atoms with Crippen molar-refractivity contribution in [1.29, 1.82) is 0 Å². The summed E-state index contributed by atoms with van der Waals surface area (Å²) < 4.78 is 0. The van der Waals surface area contributed by atoms with Crippen LogP contribution in [0, 0.1) is 0 Å². The molecule has 0 N–H and O–H groups in total. The zero-order chi connectivity index (χ0) is 39.8. The first-order chi connectivity index (χ1) is 29.7. The van der Waals surface area contributed by atoms with Gasteiger partial charge in [-0.3, -0.25) is 0 Å². The van der Waals surface area contributed by atoms with Crippen molar-refractivity contribution in [1.82, 2.24) is 15.0 Å². The average molecular weight is 764 g/mol. The van der Waals surface area contributed by atoms with Gasteiger partial charge in [0.2, 0.25) is 0 Å². The molecule has 11 rings (SSSR count). The minimum atomic E-state index is 0.671. The number of fused-ring (bicyclic) bond motifs is 5. The van der Waals surface area contributed by atoms with Gasteiger partial charge in [-0.25, -0.2) is 15.0 Å². The van der Waals surface area contributed by atoms with E-state index in [1.807, 2.05) is 12.1 Å². The lowest BCUT2D eigenvalue weighted by atomic mass is 9.94. The molecule has 0 atom stereocenters. The Morgan fingerprint density at radius 1 is 0.250 bits per heavy atom. The Morgan fingerprint density at radius 2 is 0.700 bits per heavy atom. The van der Waals surface area contributed by atoms with Gasteiger partial charge in [-0.05, 0) is 80.6 Å². The second-order valence-electron chi connectivity index (χ2n) is 15.2. The summed E-state index contributed by atoms with van der Waals surface area (Å²) in [5.41, 5.74) is 14.6. The Bertz CT molecular complexity index is 3260. The molecule has 0 aliphatic rings. The van der Waals surface area contributed by atoms with Crippen LogP contribution in [0.4, 0.5) is 0 Å². The summed E-state index contributed by atoms with van der Waals surface area (Å²) in [5.74, 6) is 0.671. The molecule has 280 valence electrons. The molecule has 3 nitrogen and oxygen atoms in total. The Morgan fingerprint density at radius 3 is 1.33 bits per heavy atom. The van der Waals surface area contributed by atoms with Crippen LogP contribution in [0.1, 0.15) is 0 Å². The van der Waals surface area contributed by atoms with E-state index in [1.165, 1.54) is 27.3 Å². The van der Waals surface area contributed by atoms with E-state index in [9.17, 15) is 0 Å². The lowest BCUT2D eigenvalue weighted by Crippen LogP contribution is -1.97. The van der Waals surface area contributed by atoms with E-state index in [2.05, 4.69) is 212 Å². The van der Waals surface area contributed by atoms with Crippen LogP contribution in [0.2, 0.25) is 0 Å². The topological polar surface area (TPSA) is 38.7 Å². The first-order valence-corrected chi connectivity index (χ1v) is 20.3. The van der Waals surface area contributed by atoms with Crippen LogP contribution in [0.25, 0.3) is 111 Å². The van der Waals surface area contributed by atoms with Gasteiger partial charge in [-0.15, -0.1) is 0 Å². The highest BCUT2D eigenvalue weighted by atomic mass is 14.9. The number of hydrogen-bond donors (Lipinski definition) is 0. The smallest absolute Gasteiger partial charge is 0.160 e. The van der Waals surface area contributed by atoms with Crippen LogP contribution in [-0.4, -0.2) is 15.0 Å². The molecule has 0 fully saturated rings. The quantitative estimate of drug-likeness (QED) is 0.152. The third kappa shape index (κ3) is 6.58. The first kappa shape index (κ1) is 35.2. The number of rotatable bonds is 7. The summed E-state index contributed by atoms with van der Waals surface area (Å²) in [6.07, 6.45) is 0. The van der Waals surface area contributed by atoms with Crippen molar-refractivity contribution in [2.75, 3.05) is 0 Å². The van der Waals surface area contributed by atoms with Gasteiger partial charge in [-0.2, -0.15) is 0 Å². The molecule has 0 spiro atoms. The molecule has 0 unspecified atom stereocenters. The molecule has 0 amide bonds. The van der Waals surface area contributed by atoms with Gasteiger partial charge in [0.25, 0.3) is 0 Å². The van der Waals surface area contributed by atoms with Crippen molar-refractivity contribution >= 4 is 32.4 Å². The third-order valence-electron chi connectivity index (χ3n) is 11.4. The second kappa shape index (κ2) is 15.1. The molecule has 0 radical (unpaired) electrons. The molecule has 2 heterocycles. The predicted molar refractivity (Wildman–Crippen MR) is 250 cm³/mol. The first-order valence-electron chi connectivity index (χ1n) is 20.3. The summed E-state index contributed by atoms with van der Waals surface area (Å²) in [7, 11) is 0. The molecule has 11 aromatic rings. The molecular weight excluding hydrogens is 727 g/mol. The fourth-order valence-electron chi connectivity index (χ4n) is 8.48. The van der Waals surface area contributed by atoms with Gasteiger partial charge in [0, 0.05) is 38.4 Å². The number of aromatic nitrogens is 3. The minimum absolute atomic E-state index is 0.671. The van der Waals surface area contributed by atoms with Gasteiger partial charge < -0.3 is 0 Å². The zero-order valence-electron chi connectivity index (χ0n) is 32.7. The second-order valence-corrected chi connectivity index (χ2v) is 15.2. The summed E-state index contributed by atoms with van der Waals surface area (Å²) in [6, 6.07) is 79.2. The predicted octanol–water partition coefficient (Wildman–Crippen LogP) is 15.0. The highest BCUT2D eigenvalue weighted by molar-refractivity contribution is 6.22. The monoisotopic (exact) mass is 763 g/mol. The molecule has 60 heavy (non-hydrogen) atoms. The number of nitrogens with zero attached hydrogens (tertiary/aromatic N) is 3. The normalized spacial score (nSPS) is 11.3. The van der Waals surface area contributed by atoms with E-state index in [-0.39, 0.29) is 0 Å². The summed E-state index contributed by atoms with van der Waals surface area (Å²) >= 11 is 0. The van der Waals surface area contributed by atoms with Crippen molar-refractivity contribution in [2.24, 2.45) is 0 Å². The maximum Gasteiger partial charge on any atom is 0.160 e. The largest absolute Gasteiger partial charge is 0.247 e. The van der Waals surface area contributed by atoms with Crippen molar-refractivity contribution in [3.63, 3.8) is 0 Å². The van der Waals surface area contributed by atoms with Crippen LogP contribution < -0.4 is 0 Å². The molecule has 0 aliphatic heterocycles. The van der Waals surface area contributed by atoms with Crippen LogP contribution in [0.15, 0.2) is 224 Å². The summed E-state index contributed by atoms with van der Waals surface area (Å²) in [5, 5.41) is 6.00. The van der Waals surface area contributed by atoms with Crippen molar-refractivity contribution in [3.8, 4) is 78.5 Å². The maximum atomic E-state index is 5.29. The number of para-hydroxylation sites is 1. The molecule has 2 aromatic heterocycles. The van der Waals surface area contributed by atoms with E-state index in [4.69, 9.17) is 15.0 Å². The van der Waals surface area contributed by atoms with Crippen molar-refractivity contribution in [2.45, 2.75) is 0 Å². The molecule has 3 heteroatoms. The third-order valence-corrected chi connectivity index (χ3v) is 11.4. The van der Waals surface area contributed by atoms with Crippen LogP contribution >= 0.6 is 0 Å². The maximum absolute atomic E-state index is 5.29.